The van der Waals surface area contributed by atoms with Gasteiger partial charge >= 0.3 is 0 Å². The standard InChI is InChI=1S/C8H6N2O2/c9-4-6-7(11)2-1-3-8(6,12)5-10/h1-3,6,11-12H. The van der Waals surface area contributed by atoms with Crippen LogP contribution in [-0.2, 0) is 0 Å². The molecule has 0 saturated heterocycles. The van der Waals surface area contributed by atoms with E-state index in [2.05, 4.69) is 0 Å². The lowest BCUT2D eigenvalue weighted by Gasteiger charge is -2.23. The highest BCUT2D eigenvalue weighted by atomic mass is 16.3. The molecule has 0 aromatic rings. The molecule has 1 aliphatic rings. The Kier molecular flexibility index (Phi) is 1.86. The van der Waals surface area contributed by atoms with Crippen molar-refractivity contribution >= 4 is 0 Å². The zero-order chi connectivity index (χ0) is 9.19. The number of rotatable bonds is 0. The third kappa shape index (κ3) is 1.05. The minimum atomic E-state index is -1.90. The summed E-state index contributed by atoms with van der Waals surface area (Å²) in [5.41, 5.74) is -1.90. The first-order chi connectivity index (χ1) is 5.64. The molecule has 0 saturated carbocycles. The molecule has 2 atom stereocenters. The molecular weight excluding hydrogens is 156 g/mol. The molecule has 0 aliphatic heterocycles. The summed E-state index contributed by atoms with van der Waals surface area (Å²) in [5, 5.41) is 35.6. The van der Waals surface area contributed by atoms with Crippen molar-refractivity contribution in [3.63, 3.8) is 0 Å². The van der Waals surface area contributed by atoms with Crippen molar-refractivity contribution in [2.75, 3.05) is 0 Å². The van der Waals surface area contributed by atoms with Gasteiger partial charge in [0.15, 0.2) is 5.60 Å². The third-order valence-corrected chi connectivity index (χ3v) is 1.66. The highest BCUT2D eigenvalue weighted by Gasteiger charge is 2.39. The lowest BCUT2D eigenvalue weighted by Crippen LogP contribution is -2.36. The van der Waals surface area contributed by atoms with Gasteiger partial charge in [0.05, 0.1) is 6.07 Å². The number of hydrogen-bond acceptors (Lipinski definition) is 4. The zero-order valence-corrected chi connectivity index (χ0v) is 6.10. The van der Waals surface area contributed by atoms with E-state index in [1.165, 1.54) is 18.2 Å². The Balaban J connectivity index is 3.12. The van der Waals surface area contributed by atoms with Gasteiger partial charge in [0, 0.05) is 0 Å². The molecular formula is C8H6N2O2. The Hall–Kier alpha value is -1.78. The van der Waals surface area contributed by atoms with Gasteiger partial charge in [-0.25, -0.2) is 0 Å². The maximum atomic E-state index is 9.44. The third-order valence-electron chi connectivity index (χ3n) is 1.66. The summed E-state index contributed by atoms with van der Waals surface area (Å²) in [4.78, 5) is 0. The molecule has 2 N–H and O–H groups in total. The van der Waals surface area contributed by atoms with Gasteiger partial charge in [0.1, 0.15) is 17.7 Å². The molecule has 2 unspecified atom stereocenters. The van der Waals surface area contributed by atoms with Crippen LogP contribution in [0.25, 0.3) is 0 Å². The Morgan fingerprint density at radius 1 is 1.50 bits per heavy atom. The lowest BCUT2D eigenvalue weighted by molar-refractivity contribution is 0.0998. The van der Waals surface area contributed by atoms with Crippen LogP contribution in [0.2, 0.25) is 0 Å². The summed E-state index contributed by atoms with van der Waals surface area (Å²) < 4.78 is 0. The smallest absolute Gasteiger partial charge is 0.193 e. The summed E-state index contributed by atoms with van der Waals surface area (Å²) in [6, 6.07) is 3.21. The van der Waals surface area contributed by atoms with Crippen molar-refractivity contribution < 1.29 is 10.2 Å². The Bertz CT molecular complexity index is 332. The number of allylic oxidation sites excluding steroid dienone is 2. The van der Waals surface area contributed by atoms with Crippen LogP contribution in [0, 0.1) is 28.6 Å². The predicted molar refractivity (Wildman–Crippen MR) is 39.5 cm³/mol. The largest absolute Gasteiger partial charge is 0.511 e. The van der Waals surface area contributed by atoms with Crippen LogP contribution >= 0.6 is 0 Å². The average molecular weight is 162 g/mol. The number of hydrogen-bond donors (Lipinski definition) is 2. The molecule has 4 heteroatoms. The van der Waals surface area contributed by atoms with Gasteiger partial charge in [-0.05, 0) is 12.2 Å². The van der Waals surface area contributed by atoms with Gasteiger partial charge in [-0.1, -0.05) is 6.08 Å². The number of aliphatic hydroxyl groups excluding tert-OH is 1. The maximum absolute atomic E-state index is 9.44. The highest BCUT2D eigenvalue weighted by Crippen LogP contribution is 2.27. The van der Waals surface area contributed by atoms with Gasteiger partial charge in [-0.3, -0.25) is 0 Å². The summed E-state index contributed by atoms with van der Waals surface area (Å²) in [6.45, 7) is 0. The fourth-order valence-corrected chi connectivity index (χ4v) is 0.978. The van der Waals surface area contributed by atoms with E-state index in [-0.39, 0.29) is 5.76 Å². The SMILES string of the molecule is N#CC1C(O)=CC=CC1(O)C#N. The molecule has 12 heavy (non-hydrogen) atoms. The normalized spacial score (nSPS) is 33.2. The molecule has 1 aliphatic carbocycles. The van der Waals surface area contributed by atoms with E-state index < -0.39 is 11.5 Å². The number of nitriles is 2. The van der Waals surface area contributed by atoms with Crippen molar-refractivity contribution in [3.8, 4) is 12.1 Å². The van der Waals surface area contributed by atoms with Crippen LogP contribution < -0.4 is 0 Å². The fourth-order valence-electron chi connectivity index (χ4n) is 0.978. The minimum Gasteiger partial charge on any atom is -0.511 e. The van der Waals surface area contributed by atoms with Gasteiger partial charge in [0.25, 0.3) is 0 Å². The van der Waals surface area contributed by atoms with E-state index >= 15 is 0 Å². The van der Waals surface area contributed by atoms with E-state index in [1.54, 1.807) is 12.1 Å². The van der Waals surface area contributed by atoms with Crippen LogP contribution in [0.5, 0.6) is 0 Å². The molecule has 0 aromatic heterocycles. The molecule has 0 bridgehead atoms. The second-order valence-corrected chi connectivity index (χ2v) is 2.45. The van der Waals surface area contributed by atoms with Crippen molar-refractivity contribution in [2.24, 2.45) is 5.92 Å². The van der Waals surface area contributed by atoms with E-state index in [4.69, 9.17) is 15.6 Å². The maximum Gasteiger partial charge on any atom is 0.193 e. The first-order valence-corrected chi connectivity index (χ1v) is 3.25. The Morgan fingerprint density at radius 2 is 2.17 bits per heavy atom. The molecule has 1 rings (SSSR count). The van der Waals surface area contributed by atoms with Crippen LogP contribution in [0.4, 0.5) is 0 Å². The second kappa shape index (κ2) is 2.69. The van der Waals surface area contributed by atoms with Gasteiger partial charge in [-0.15, -0.1) is 0 Å². The van der Waals surface area contributed by atoms with Crippen molar-refractivity contribution in [2.45, 2.75) is 5.60 Å². The molecule has 60 valence electrons. The molecule has 0 spiro atoms. The number of aliphatic hydroxyl groups is 2. The highest BCUT2D eigenvalue weighted by molar-refractivity contribution is 5.35. The fraction of sp³-hybridized carbons (Fsp3) is 0.250. The zero-order valence-electron chi connectivity index (χ0n) is 6.10. The van der Waals surface area contributed by atoms with Crippen molar-refractivity contribution in [1.29, 1.82) is 10.5 Å². The van der Waals surface area contributed by atoms with Gasteiger partial charge in [-0.2, -0.15) is 10.5 Å². The van der Waals surface area contributed by atoms with Crippen LogP contribution in [-0.4, -0.2) is 15.8 Å². The van der Waals surface area contributed by atoms with Crippen molar-refractivity contribution in [3.05, 3.63) is 24.0 Å². The molecule has 0 aromatic carbocycles. The van der Waals surface area contributed by atoms with Crippen LogP contribution in [0.1, 0.15) is 0 Å². The summed E-state index contributed by atoms with van der Waals surface area (Å²) in [6.07, 6.45) is 3.80. The van der Waals surface area contributed by atoms with Crippen LogP contribution in [0.3, 0.4) is 0 Å². The Labute approximate surface area is 69.3 Å². The topological polar surface area (TPSA) is 88.0 Å². The monoisotopic (exact) mass is 162 g/mol. The second-order valence-electron chi connectivity index (χ2n) is 2.45. The van der Waals surface area contributed by atoms with E-state index in [0.717, 1.165) is 0 Å². The first kappa shape index (κ1) is 8.32. The summed E-state index contributed by atoms with van der Waals surface area (Å²) in [5.74, 6) is -1.48. The quantitative estimate of drug-likeness (QED) is 0.504. The van der Waals surface area contributed by atoms with E-state index in [1.807, 2.05) is 0 Å². The molecule has 4 nitrogen and oxygen atoms in total. The minimum absolute atomic E-state index is 0.288. The summed E-state index contributed by atoms with van der Waals surface area (Å²) >= 11 is 0. The van der Waals surface area contributed by atoms with Gasteiger partial charge < -0.3 is 10.2 Å². The van der Waals surface area contributed by atoms with E-state index in [0.29, 0.717) is 0 Å². The first-order valence-electron chi connectivity index (χ1n) is 3.25. The summed E-state index contributed by atoms with van der Waals surface area (Å²) in [7, 11) is 0. The predicted octanol–water partition coefficient (Wildman–Crippen LogP) is 0.393. The number of nitrogens with zero attached hydrogens (tertiary/aromatic N) is 2. The molecule has 0 fully saturated rings. The molecule has 0 heterocycles. The van der Waals surface area contributed by atoms with Crippen LogP contribution in [0.15, 0.2) is 24.0 Å². The average Bonchev–Trinajstić information content (AvgIpc) is 2.05. The lowest BCUT2D eigenvalue weighted by atomic mass is 9.85. The van der Waals surface area contributed by atoms with Gasteiger partial charge in [0.2, 0.25) is 0 Å². The van der Waals surface area contributed by atoms with E-state index in [9.17, 15) is 5.11 Å². The Morgan fingerprint density at radius 3 is 2.58 bits per heavy atom. The van der Waals surface area contributed by atoms with Crippen molar-refractivity contribution in [1.82, 2.24) is 0 Å². The molecule has 0 radical (unpaired) electrons. The molecule has 0 amide bonds.